The number of likely N-dealkylation sites (N-methyl/N-ethyl adjacent to an activating group) is 1. The van der Waals surface area contributed by atoms with E-state index in [2.05, 4.69) is 18.7 Å². The van der Waals surface area contributed by atoms with Gasteiger partial charge in [-0.3, -0.25) is 14.6 Å². The van der Waals surface area contributed by atoms with Crippen LogP contribution in [0.15, 0.2) is 0 Å². The van der Waals surface area contributed by atoms with E-state index in [-0.39, 0.29) is 24.6 Å². The van der Waals surface area contributed by atoms with E-state index in [9.17, 15) is 9.90 Å². The molecule has 1 heterocycles. The van der Waals surface area contributed by atoms with Crippen LogP contribution in [0, 0.1) is 0 Å². The summed E-state index contributed by atoms with van der Waals surface area (Å²) in [6, 6.07) is 0.236. The van der Waals surface area contributed by atoms with Gasteiger partial charge in [-0.25, -0.2) is 0 Å². The zero-order chi connectivity index (χ0) is 14.4. The average Bonchev–Trinajstić information content (AvgIpc) is 2.41. The Bertz CT molecular complexity index is 272. The summed E-state index contributed by atoms with van der Waals surface area (Å²) in [6.45, 7) is 7.65. The second-order valence-electron chi connectivity index (χ2n) is 5.49. The van der Waals surface area contributed by atoms with E-state index in [1.54, 1.807) is 0 Å². The summed E-state index contributed by atoms with van der Waals surface area (Å²) in [7, 11) is 3.92. The molecule has 2 atom stereocenters. The van der Waals surface area contributed by atoms with Crippen LogP contribution in [0.4, 0.5) is 0 Å². The predicted octanol–water partition coefficient (Wildman–Crippen LogP) is 0.242. The van der Waals surface area contributed by atoms with Crippen LogP contribution in [0.1, 0.15) is 26.7 Å². The molecule has 0 aliphatic carbocycles. The number of carbonyl (C=O) groups excluding carboxylic acids is 1. The van der Waals surface area contributed by atoms with Crippen molar-refractivity contribution in [2.45, 2.75) is 38.8 Å². The molecule has 0 aromatic heterocycles. The maximum atomic E-state index is 12.4. The number of hydrogen-bond acceptors (Lipinski definition) is 4. The molecular formula is C14H29N3O2. The molecule has 1 N–H and O–H groups in total. The van der Waals surface area contributed by atoms with Gasteiger partial charge in [0, 0.05) is 32.2 Å². The van der Waals surface area contributed by atoms with Crippen molar-refractivity contribution in [2.75, 3.05) is 46.9 Å². The Morgan fingerprint density at radius 3 is 2.11 bits per heavy atom. The smallest absolute Gasteiger partial charge is 0.239 e. The molecule has 0 radical (unpaired) electrons. The Labute approximate surface area is 117 Å². The number of aliphatic hydroxyl groups is 1. The minimum absolute atomic E-state index is 0.00800. The Balaban J connectivity index is 2.51. The lowest BCUT2D eigenvalue weighted by molar-refractivity contribution is -0.138. The molecule has 5 nitrogen and oxygen atoms in total. The summed E-state index contributed by atoms with van der Waals surface area (Å²) >= 11 is 0. The van der Waals surface area contributed by atoms with Crippen LogP contribution in [0.3, 0.4) is 0 Å². The Kier molecular flexibility index (Phi) is 6.75. The van der Waals surface area contributed by atoms with E-state index in [0.29, 0.717) is 0 Å². The third-order valence-corrected chi connectivity index (χ3v) is 4.12. The fraction of sp³-hybridized carbons (Fsp3) is 0.929. The van der Waals surface area contributed by atoms with Crippen molar-refractivity contribution >= 4 is 5.91 Å². The summed E-state index contributed by atoms with van der Waals surface area (Å²) in [6.07, 6.45) is 1.81. The molecule has 112 valence electrons. The predicted molar refractivity (Wildman–Crippen MR) is 77.1 cm³/mol. The molecule has 1 rings (SSSR count). The molecule has 19 heavy (non-hydrogen) atoms. The van der Waals surface area contributed by atoms with Gasteiger partial charge in [0.2, 0.25) is 5.91 Å². The molecule has 1 amide bonds. The highest BCUT2D eigenvalue weighted by Crippen LogP contribution is 2.12. The molecule has 1 saturated heterocycles. The first-order valence-electron chi connectivity index (χ1n) is 7.35. The van der Waals surface area contributed by atoms with E-state index < -0.39 is 0 Å². The number of piperazine rings is 1. The molecule has 0 saturated carbocycles. The molecule has 0 spiro atoms. The van der Waals surface area contributed by atoms with Crippen LogP contribution >= 0.6 is 0 Å². The summed E-state index contributed by atoms with van der Waals surface area (Å²) < 4.78 is 0. The zero-order valence-electron chi connectivity index (χ0n) is 12.8. The largest absolute Gasteiger partial charge is 0.395 e. The SMILES string of the molecule is CCC(C(=O)N1CCN(C(CC)CO)CC1)N(C)C. The topological polar surface area (TPSA) is 47.0 Å². The van der Waals surface area contributed by atoms with Crippen molar-refractivity contribution in [2.24, 2.45) is 0 Å². The second-order valence-corrected chi connectivity index (χ2v) is 5.49. The monoisotopic (exact) mass is 271 g/mol. The molecule has 0 bridgehead atoms. The molecule has 0 aromatic rings. The Morgan fingerprint density at radius 1 is 1.16 bits per heavy atom. The van der Waals surface area contributed by atoms with E-state index in [4.69, 9.17) is 0 Å². The quantitative estimate of drug-likeness (QED) is 0.752. The molecular weight excluding hydrogens is 242 g/mol. The molecule has 1 fully saturated rings. The normalized spacial score (nSPS) is 20.6. The van der Waals surface area contributed by atoms with Gasteiger partial charge in [0.15, 0.2) is 0 Å². The van der Waals surface area contributed by atoms with Crippen molar-refractivity contribution in [1.82, 2.24) is 14.7 Å². The van der Waals surface area contributed by atoms with Gasteiger partial charge in [0.05, 0.1) is 12.6 Å². The first kappa shape index (κ1) is 16.4. The standard InChI is InChI=1S/C14H29N3O2/c1-5-12(11-18)16-7-9-17(10-8-16)14(19)13(6-2)15(3)4/h12-13,18H,5-11H2,1-4H3. The van der Waals surface area contributed by atoms with Crippen molar-refractivity contribution in [3.8, 4) is 0 Å². The number of aliphatic hydroxyl groups excluding tert-OH is 1. The lowest BCUT2D eigenvalue weighted by atomic mass is 10.1. The van der Waals surface area contributed by atoms with Crippen LogP contribution in [0.25, 0.3) is 0 Å². The molecule has 1 aliphatic heterocycles. The summed E-state index contributed by atoms with van der Waals surface area (Å²) in [5.41, 5.74) is 0. The Morgan fingerprint density at radius 2 is 1.74 bits per heavy atom. The van der Waals surface area contributed by atoms with Gasteiger partial charge < -0.3 is 10.0 Å². The molecule has 2 unspecified atom stereocenters. The highest BCUT2D eigenvalue weighted by molar-refractivity contribution is 5.81. The fourth-order valence-corrected chi connectivity index (χ4v) is 2.78. The number of nitrogens with zero attached hydrogens (tertiary/aromatic N) is 3. The lowest BCUT2D eigenvalue weighted by Crippen LogP contribution is -2.56. The van der Waals surface area contributed by atoms with Gasteiger partial charge in [0.25, 0.3) is 0 Å². The van der Waals surface area contributed by atoms with E-state index in [1.165, 1.54) is 0 Å². The number of carbonyl (C=O) groups is 1. The highest BCUT2D eigenvalue weighted by atomic mass is 16.3. The number of hydrogen-bond donors (Lipinski definition) is 1. The molecule has 5 heteroatoms. The minimum Gasteiger partial charge on any atom is -0.395 e. The first-order valence-corrected chi connectivity index (χ1v) is 7.35. The zero-order valence-corrected chi connectivity index (χ0v) is 12.8. The molecule has 0 aromatic carbocycles. The minimum atomic E-state index is -0.00800. The van der Waals surface area contributed by atoms with Gasteiger partial charge in [-0.05, 0) is 26.9 Å². The first-order chi connectivity index (χ1) is 9.04. The highest BCUT2D eigenvalue weighted by Gasteiger charge is 2.29. The van der Waals surface area contributed by atoms with Crippen molar-refractivity contribution in [3.63, 3.8) is 0 Å². The second kappa shape index (κ2) is 7.82. The summed E-state index contributed by atoms with van der Waals surface area (Å²) in [5, 5.41) is 9.32. The maximum Gasteiger partial charge on any atom is 0.239 e. The third kappa shape index (κ3) is 4.16. The van der Waals surface area contributed by atoms with E-state index >= 15 is 0 Å². The van der Waals surface area contributed by atoms with Crippen LogP contribution in [0.2, 0.25) is 0 Å². The van der Waals surface area contributed by atoms with E-state index in [1.807, 2.05) is 23.9 Å². The fourth-order valence-electron chi connectivity index (χ4n) is 2.78. The van der Waals surface area contributed by atoms with Crippen molar-refractivity contribution in [3.05, 3.63) is 0 Å². The van der Waals surface area contributed by atoms with Crippen molar-refractivity contribution in [1.29, 1.82) is 0 Å². The van der Waals surface area contributed by atoms with Crippen molar-refractivity contribution < 1.29 is 9.90 Å². The Hall–Kier alpha value is -0.650. The van der Waals surface area contributed by atoms with Gasteiger partial charge in [-0.2, -0.15) is 0 Å². The number of amides is 1. The lowest BCUT2D eigenvalue weighted by Gasteiger charge is -2.40. The van der Waals surface area contributed by atoms with Crippen LogP contribution in [0.5, 0.6) is 0 Å². The summed E-state index contributed by atoms with van der Waals surface area (Å²) in [5.74, 6) is 0.240. The van der Waals surface area contributed by atoms with Gasteiger partial charge >= 0.3 is 0 Å². The van der Waals surface area contributed by atoms with E-state index in [0.717, 1.165) is 39.0 Å². The van der Waals surface area contributed by atoms with Crippen LogP contribution in [-0.2, 0) is 4.79 Å². The van der Waals surface area contributed by atoms with Gasteiger partial charge in [-0.1, -0.05) is 13.8 Å². The number of rotatable bonds is 6. The maximum absolute atomic E-state index is 12.4. The van der Waals surface area contributed by atoms with Crippen LogP contribution < -0.4 is 0 Å². The van der Waals surface area contributed by atoms with Gasteiger partial charge in [-0.15, -0.1) is 0 Å². The summed E-state index contributed by atoms with van der Waals surface area (Å²) in [4.78, 5) is 18.7. The molecule has 1 aliphatic rings. The average molecular weight is 271 g/mol. The van der Waals surface area contributed by atoms with Gasteiger partial charge in [0.1, 0.15) is 0 Å². The third-order valence-electron chi connectivity index (χ3n) is 4.12. The van der Waals surface area contributed by atoms with Crippen LogP contribution in [-0.4, -0.2) is 84.7 Å².